The molecule has 64 valence electrons. The van der Waals surface area contributed by atoms with E-state index in [0.717, 1.165) is 0 Å². The summed E-state index contributed by atoms with van der Waals surface area (Å²) in [6, 6.07) is 0. The lowest BCUT2D eigenvalue weighted by Crippen LogP contribution is -1.85. The van der Waals surface area contributed by atoms with Gasteiger partial charge in [0.05, 0.1) is 0 Å². The summed E-state index contributed by atoms with van der Waals surface area (Å²) in [4.78, 5) is 0. The van der Waals surface area contributed by atoms with Crippen LogP contribution in [0.15, 0.2) is 30.4 Å². The summed E-state index contributed by atoms with van der Waals surface area (Å²) in [5.41, 5.74) is 0. The van der Waals surface area contributed by atoms with Gasteiger partial charge in [-0.2, -0.15) is 0 Å². The fourth-order valence-corrected chi connectivity index (χ4v) is 1.40. The zero-order valence-corrected chi connectivity index (χ0v) is 7.63. The highest BCUT2D eigenvalue weighted by atomic mass is 14.0. The van der Waals surface area contributed by atoms with Gasteiger partial charge in [0.2, 0.25) is 0 Å². The Labute approximate surface area is 75.7 Å². The fraction of sp³-hybridized carbons (Fsp3) is 0.500. The minimum absolute atomic E-state index is 1.50. The summed E-state index contributed by atoms with van der Waals surface area (Å²) < 4.78 is 0. The van der Waals surface area contributed by atoms with E-state index in [2.05, 4.69) is 6.08 Å². The average Bonchev–Trinajstić information content (AvgIpc) is 2.24. The van der Waals surface area contributed by atoms with Crippen molar-refractivity contribution in [1.29, 1.82) is 0 Å². The standard InChI is InChI=1S/C6H12.C6H5/c2*1-2-4-6-5-3-1/h1-6H2;1-5H/q;+1. The predicted octanol–water partition coefficient (Wildman–Crippen LogP) is 3.81. The minimum Gasteiger partial charge on any atom is -0.0533 e. The largest absolute Gasteiger partial charge is 0.103 e. The van der Waals surface area contributed by atoms with Crippen LogP contribution in [-0.2, 0) is 0 Å². The summed E-state index contributed by atoms with van der Waals surface area (Å²) in [5.74, 6) is 0. The Hall–Kier alpha value is -0.870. The molecule has 0 spiro atoms. The molecule has 12 heavy (non-hydrogen) atoms. The third-order valence-corrected chi connectivity index (χ3v) is 2.11. The van der Waals surface area contributed by atoms with Gasteiger partial charge in [-0.15, -0.1) is 0 Å². The molecule has 2 aliphatic rings. The number of rotatable bonds is 0. The van der Waals surface area contributed by atoms with Gasteiger partial charge in [0, 0.05) is 24.3 Å². The second-order valence-electron chi connectivity index (χ2n) is 3.20. The smallest absolute Gasteiger partial charge is 0.0533 e. The van der Waals surface area contributed by atoms with E-state index in [1.165, 1.54) is 38.5 Å². The molecule has 2 aliphatic carbocycles. The molecule has 0 aromatic carbocycles. The monoisotopic (exact) mass is 161 g/mol. The molecule has 0 aromatic heterocycles. The highest BCUT2D eigenvalue weighted by Gasteiger charge is 1.95. The minimum atomic E-state index is 1.50. The maximum Gasteiger partial charge on any atom is 0.103 e. The maximum absolute atomic E-state index is 2.89. The summed E-state index contributed by atoms with van der Waals surface area (Å²) in [5, 5.41) is 0. The van der Waals surface area contributed by atoms with Gasteiger partial charge in [0.1, 0.15) is 12.2 Å². The molecule has 1 saturated carbocycles. The zero-order chi connectivity index (χ0) is 8.49. The van der Waals surface area contributed by atoms with Gasteiger partial charge < -0.3 is 0 Å². The lowest BCUT2D eigenvalue weighted by Gasteiger charge is -2.05. The molecule has 0 aromatic rings. The van der Waals surface area contributed by atoms with Crippen molar-refractivity contribution in [2.24, 2.45) is 0 Å². The Morgan fingerprint density at radius 3 is 1.42 bits per heavy atom. The maximum atomic E-state index is 2.89. The first-order valence-corrected chi connectivity index (χ1v) is 4.91. The molecule has 0 saturated heterocycles. The Balaban J connectivity index is 0.000000120. The van der Waals surface area contributed by atoms with Crippen LogP contribution in [0.4, 0.5) is 0 Å². The van der Waals surface area contributed by atoms with Crippen LogP contribution in [0.2, 0.25) is 0 Å². The highest BCUT2D eigenvalue weighted by molar-refractivity contribution is 5.18. The first-order valence-electron chi connectivity index (χ1n) is 4.91. The van der Waals surface area contributed by atoms with Crippen LogP contribution in [0.3, 0.4) is 0 Å². The number of hydrogen-bond acceptors (Lipinski definition) is 0. The summed E-state index contributed by atoms with van der Waals surface area (Å²) in [7, 11) is 0. The molecule has 2 rings (SSSR count). The third kappa shape index (κ3) is 4.87. The van der Waals surface area contributed by atoms with Gasteiger partial charge in [-0.05, 0) is 0 Å². The molecular weight excluding hydrogens is 144 g/mol. The van der Waals surface area contributed by atoms with Crippen molar-refractivity contribution in [3.63, 3.8) is 0 Å². The lowest BCUT2D eigenvalue weighted by atomic mass is 10.0. The molecule has 0 aliphatic heterocycles. The molecular formula is C12H17+. The van der Waals surface area contributed by atoms with E-state index in [-0.39, 0.29) is 0 Å². The molecule has 0 heterocycles. The van der Waals surface area contributed by atoms with Gasteiger partial charge >= 0.3 is 0 Å². The summed E-state index contributed by atoms with van der Waals surface area (Å²) in [6.45, 7) is 0. The van der Waals surface area contributed by atoms with Crippen molar-refractivity contribution in [1.82, 2.24) is 0 Å². The molecule has 0 amide bonds. The second-order valence-corrected chi connectivity index (χ2v) is 3.20. The average molecular weight is 161 g/mol. The van der Waals surface area contributed by atoms with E-state index in [4.69, 9.17) is 0 Å². The van der Waals surface area contributed by atoms with E-state index in [0.29, 0.717) is 0 Å². The van der Waals surface area contributed by atoms with Crippen LogP contribution in [-0.4, -0.2) is 0 Å². The molecule has 0 radical (unpaired) electrons. The number of hydrogen-bond donors (Lipinski definition) is 0. The fourth-order valence-electron chi connectivity index (χ4n) is 1.40. The van der Waals surface area contributed by atoms with E-state index >= 15 is 0 Å². The van der Waals surface area contributed by atoms with Crippen molar-refractivity contribution in [2.45, 2.75) is 38.5 Å². The third-order valence-electron chi connectivity index (χ3n) is 2.11. The van der Waals surface area contributed by atoms with Crippen LogP contribution in [0, 0.1) is 6.08 Å². The Bertz CT molecular complexity index is 121. The molecule has 1 fully saturated rings. The summed E-state index contributed by atoms with van der Waals surface area (Å²) in [6.07, 6.45) is 21.5. The van der Waals surface area contributed by atoms with Crippen molar-refractivity contribution in [3.8, 4) is 0 Å². The van der Waals surface area contributed by atoms with Crippen LogP contribution in [0.25, 0.3) is 0 Å². The highest BCUT2D eigenvalue weighted by Crippen LogP contribution is 2.15. The normalized spacial score (nSPS) is 19.3. The van der Waals surface area contributed by atoms with Crippen molar-refractivity contribution in [3.05, 3.63) is 36.5 Å². The van der Waals surface area contributed by atoms with Gasteiger partial charge in [0.15, 0.2) is 0 Å². The Morgan fingerprint density at radius 1 is 0.667 bits per heavy atom. The van der Waals surface area contributed by atoms with Crippen LogP contribution >= 0.6 is 0 Å². The predicted molar refractivity (Wildman–Crippen MR) is 53.8 cm³/mol. The molecule has 0 unspecified atom stereocenters. The Morgan fingerprint density at radius 2 is 1.25 bits per heavy atom. The van der Waals surface area contributed by atoms with Crippen molar-refractivity contribution in [2.75, 3.05) is 0 Å². The molecule has 0 N–H and O–H groups in total. The molecule has 0 heteroatoms. The van der Waals surface area contributed by atoms with E-state index in [1.54, 1.807) is 0 Å². The summed E-state index contributed by atoms with van der Waals surface area (Å²) >= 11 is 0. The SMILES string of the molecule is C1CCCCC1.[C+]1=CC=CC=C1. The van der Waals surface area contributed by atoms with Crippen LogP contribution < -0.4 is 0 Å². The van der Waals surface area contributed by atoms with Gasteiger partial charge in [0.25, 0.3) is 0 Å². The topological polar surface area (TPSA) is 0 Å². The number of allylic oxidation sites excluding steroid dienone is 6. The first kappa shape index (κ1) is 9.22. The molecule has 0 bridgehead atoms. The van der Waals surface area contributed by atoms with Crippen LogP contribution in [0.5, 0.6) is 0 Å². The van der Waals surface area contributed by atoms with Gasteiger partial charge in [-0.25, -0.2) is 0 Å². The van der Waals surface area contributed by atoms with E-state index in [9.17, 15) is 0 Å². The Kier molecular flexibility index (Phi) is 5.24. The second kappa shape index (κ2) is 6.82. The van der Waals surface area contributed by atoms with Gasteiger partial charge in [-0.1, -0.05) is 38.5 Å². The first-order chi connectivity index (χ1) is 6.00. The zero-order valence-electron chi connectivity index (χ0n) is 7.63. The van der Waals surface area contributed by atoms with Gasteiger partial charge in [-0.3, -0.25) is 0 Å². The quantitative estimate of drug-likeness (QED) is 0.474. The lowest BCUT2D eigenvalue weighted by molar-refractivity contribution is 0.504. The van der Waals surface area contributed by atoms with Crippen LogP contribution in [0.1, 0.15) is 38.5 Å². The van der Waals surface area contributed by atoms with Crippen molar-refractivity contribution >= 4 is 0 Å². The van der Waals surface area contributed by atoms with E-state index < -0.39 is 0 Å². The van der Waals surface area contributed by atoms with Crippen molar-refractivity contribution < 1.29 is 0 Å². The van der Waals surface area contributed by atoms with E-state index in [1.807, 2.05) is 30.4 Å². The molecule has 0 nitrogen and oxygen atoms in total. The molecule has 0 atom stereocenters.